The lowest BCUT2D eigenvalue weighted by Gasteiger charge is -2.26. The van der Waals surface area contributed by atoms with Gasteiger partial charge in [-0.2, -0.15) is 0 Å². The number of fused-ring (bicyclic) bond motifs is 8. The zero-order valence-corrected chi connectivity index (χ0v) is 40.1. The molecule has 0 saturated carbocycles. The van der Waals surface area contributed by atoms with E-state index < -0.39 is 0 Å². The molecule has 0 aliphatic carbocycles. The number of hydrogen-bond acceptors (Lipinski definition) is 4. The smallest absolute Gasteiger partial charge is 0.142 e. The van der Waals surface area contributed by atoms with Gasteiger partial charge in [-0.15, -0.1) is 0 Å². The average Bonchev–Trinajstić information content (AvgIpc) is 3.88. The molecular formula is C63H58N2O2. The summed E-state index contributed by atoms with van der Waals surface area (Å²) in [6, 6.07) is 60.9. The molecule has 0 fully saturated rings. The molecule has 0 N–H and O–H groups in total. The summed E-state index contributed by atoms with van der Waals surface area (Å²) in [4.78, 5) is 4.72. The maximum Gasteiger partial charge on any atom is 0.142 e. The van der Waals surface area contributed by atoms with Gasteiger partial charge in [-0.1, -0.05) is 116 Å². The molecule has 0 amide bonds. The Morgan fingerprint density at radius 1 is 0.299 bits per heavy atom. The Balaban J connectivity index is 0.991. The largest absolute Gasteiger partial charge is 0.456 e. The first-order valence-corrected chi connectivity index (χ1v) is 24.1. The Kier molecular flexibility index (Phi) is 10.5. The van der Waals surface area contributed by atoms with Crippen LogP contribution in [0.15, 0.2) is 173 Å². The number of hydrogen-bond donors (Lipinski definition) is 0. The standard InChI is InChI=1S/C63H58N2O2/c1-37(2)42-10-20-50(21-11-42)64(51-22-12-43(13-23-51)38(3)4)54-28-18-46-32-56-58-36-59-57-33-47-19-29-55(31-49(47)35-61(57)67-63(59)41(9)62(58)66-60(56)34-48(46)30-54)65(52-24-14-44(15-25-52)39(5)6)53-26-16-45(17-27-53)40(7)8/h10-40H,1-9H3. The lowest BCUT2D eigenvalue weighted by Crippen LogP contribution is -2.10. The molecule has 0 radical (unpaired) electrons. The van der Waals surface area contributed by atoms with E-state index in [-0.39, 0.29) is 0 Å². The van der Waals surface area contributed by atoms with Gasteiger partial charge in [-0.25, -0.2) is 0 Å². The summed E-state index contributed by atoms with van der Waals surface area (Å²) >= 11 is 0. The number of nitrogens with zero attached hydrogens (tertiary/aromatic N) is 2. The Labute approximate surface area is 394 Å². The fraction of sp³-hybridized carbons (Fsp3) is 0.206. The van der Waals surface area contributed by atoms with Crippen LogP contribution in [0.2, 0.25) is 0 Å². The Hall–Kier alpha value is -7.30. The monoisotopic (exact) mass is 874 g/mol. The average molecular weight is 875 g/mol. The summed E-state index contributed by atoms with van der Waals surface area (Å²) in [6.07, 6.45) is 0. The van der Waals surface area contributed by atoms with E-state index in [4.69, 9.17) is 8.83 Å². The fourth-order valence-corrected chi connectivity index (χ4v) is 9.99. The van der Waals surface area contributed by atoms with Gasteiger partial charge in [0.15, 0.2) is 0 Å². The second-order valence-electron chi connectivity index (χ2n) is 19.9. The van der Waals surface area contributed by atoms with Crippen LogP contribution < -0.4 is 9.80 Å². The minimum absolute atomic E-state index is 0.467. The molecule has 2 heterocycles. The van der Waals surface area contributed by atoms with Crippen LogP contribution in [0, 0.1) is 6.92 Å². The summed E-state index contributed by atoms with van der Waals surface area (Å²) in [5.74, 6) is 1.87. The molecule has 4 heteroatoms. The molecule has 67 heavy (non-hydrogen) atoms. The molecule has 4 nitrogen and oxygen atoms in total. The van der Waals surface area contributed by atoms with Crippen LogP contribution in [0.1, 0.15) is 107 Å². The van der Waals surface area contributed by atoms with Crippen LogP contribution in [-0.4, -0.2) is 0 Å². The van der Waals surface area contributed by atoms with E-state index in [1.54, 1.807) is 0 Å². The number of furan rings is 2. The van der Waals surface area contributed by atoms with Crippen LogP contribution in [-0.2, 0) is 0 Å². The summed E-state index contributed by atoms with van der Waals surface area (Å²) in [5, 5.41) is 9.00. The number of rotatable bonds is 10. The van der Waals surface area contributed by atoms with E-state index in [1.165, 1.54) is 33.0 Å². The molecule has 9 aromatic carbocycles. The van der Waals surface area contributed by atoms with Crippen molar-refractivity contribution in [1.29, 1.82) is 0 Å². The predicted molar refractivity (Wildman–Crippen MR) is 286 cm³/mol. The Morgan fingerprint density at radius 3 is 0.896 bits per heavy atom. The Bertz CT molecular complexity index is 3280. The second-order valence-corrected chi connectivity index (χ2v) is 19.9. The summed E-state index contributed by atoms with van der Waals surface area (Å²) in [6.45, 7) is 20.1. The minimum atomic E-state index is 0.467. The number of anilines is 6. The van der Waals surface area contributed by atoms with E-state index in [0.717, 1.165) is 94.3 Å². The van der Waals surface area contributed by atoms with Gasteiger partial charge in [-0.3, -0.25) is 0 Å². The highest BCUT2D eigenvalue weighted by Gasteiger charge is 2.21. The van der Waals surface area contributed by atoms with Gasteiger partial charge in [0.1, 0.15) is 22.3 Å². The molecule has 0 aliphatic rings. The molecule has 332 valence electrons. The van der Waals surface area contributed by atoms with E-state index in [2.05, 4.69) is 236 Å². The molecule has 0 bridgehead atoms. The second kappa shape index (κ2) is 16.5. The molecule has 0 spiro atoms. The molecule has 0 saturated heterocycles. The topological polar surface area (TPSA) is 32.8 Å². The van der Waals surface area contributed by atoms with Crippen molar-refractivity contribution in [2.24, 2.45) is 0 Å². The lowest BCUT2D eigenvalue weighted by atomic mass is 10.00. The van der Waals surface area contributed by atoms with Gasteiger partial charge in [0.2, 0.25) is 0 Å². The van der Waals surface area contributed by atoms with Gasteiger partial charge >= 0.3 is 0 Å². The van der Waals surface area contributed by atoms with Crippen molar-refractivity contribution in [1.82, 2.24) is 0 Å². The van der Waals surface area contributed by atoms with E-state index >= 15 is 0 Å². The molecule has 11 rings (SSSR count). The van der Waals surface area contributed by atoms with Crippen LogP contribution in [0.25, 0.3) is 65.4 Å². The highest BCUT2D eigenvalue weighted by Crippen LogP contribution is 2.44. The third-order valence-electron chi connectivity index (χ3n) is 14.1. The third kappa shape index (κ3) is 7.49. The van der Waals surface area contributed by atoms with Gasteiger partial charge in [-0.05, 0) is 178 Å². The first-order valence-electron chi connectivity index (χ1n) is 24.1. The van der Waals surface area contributed by atoms with Crippen molar-refractivity contribution in [3.8, 4) is 0 Å². The summed E-state index contributed by atoms with van der Waals surface area (Å²) in [7, 11) is 0. The highest BCUT2D eigenvalue weighted by molar-refractivity contribution is 6.20. The van der Waals surface area contributed by atoms with Crippen molar-refractivity contribution >= 4 is 99.5 Å². The number of benzene rings is 9. The van der Waals surface area contributed by atoms with Crippen molar-refractivity contribution in [3.63, 3.8) is 0 Å². The van der Waals surface area contributed by atoms with Crippen molar-refractivity contribution in [3.05, 3.63) is 192 Å². The third-order valence-corrected chi connectivity index (χ3v) is 14.1. The fourth-order valence-electron chi connectivity index (χ4n) is 9.99. The van der Waals surface area contributed by atoms with E-state index in [1.807, 2.05) is 0 Å². The minimum Gasteiger partial charge on any atom is -0.456 e. The zero-order chi connectivity index (χ0) is 46.2. The van der Waals surface area contributed by atoms with Crippen molar-refractivity contribution < 1.29 is 8.83 Å². The first kappa shape index (κ1) is 42.3. The van der Waals surface area contributed by atoms with Crippen LogP contribution in [0.3, 0.4) is 0 Å². The van der Waals surface area contributed by atoms with Crippen molar-refractivity contribution in [2.45, 2.75) is 86.0 Å². The van der Waals surface area contributed by atoms with Gasteiger partial charge in [0, 0.05) is 61.2 Å². The zero-order valence-electron chi connectivity index (χ0n) is 40.1. The summed E-state index contributed by atoms with van der Waals surface area (Å²) in [5.41, 5.74) is 16.5. The normalized spacial score (nSPS) is 12.2. The maximum atomic E-state index is 6.80. The molecule has 2 aromatic heterocycles. The SMILES string of the molecule is Cc1c2oc3cc4cc(N(c5ccc(C(C)C)cc5)c5ccc(C(C)C)cc5)ccc4cc3c2cc2c1oc1cc3cc(N(c4ccc(C(C)C)cc4)c4ccc(C(C)C)cc4)ccc3cc12. The van der Waals surface area contributed by atoms with Gasteiger partial charge in [0.05, 0.1) is 0 Å². The van der Waals surface area contributed by atoms with Gasteiger partial charge < -0.3 is 18.6 Å². The Morgan fingerprint density at radius 2 is 0.597 bits per heavy atom. The predicted octanol–water partition coefficient (Wildman–Crippen LogP) is 19.5. The molecule has 0 aliphatic heterocycles. The molecule has 11 aromatic rings. The molecule has 0 atom stereocenters. The lowest BCUT2D eigenvalue weighted by molar-refractivity contribution is 0.651. The first-order chi connectivity index (χ1) is 32.4. The highest BCUT2D eigenvalue weighted by atomic mass is 16.3. The van der Waals surface area contributed by atoms with Crippen LogP contribution >= 0.6 is 0 Å². The molecular weight excluding hydrogens is 817 g/mol. The maximum absolute atomic E-state index is 6.80. The van der Waals surface area contributed by atoms with Crippen molar-refractivity contribution in [2.75, 3.05) is 9.80 Å². The van der Waals surface area contributed by atoms with Gasteiger partial charge in [0.25, 0.3) is 0 Å². The van der Waals surface area contributed by atoms with Crippen LogP contribution in [0.4, 0.5) is 34.1 Å². The number of aryl methyl sites for hydroxylation is 1. The molecule has 0 unspecified atom stereocenters. The van der Waals surface area contributed by atoms with E-state index in [9.17, 15) is 0 Å². The van der Waals surface area contributed by atoms with E-state index in [0.29, 0.717) is 23.7 Å². The van der Waals surface area contributed by atoms with Crippen LogP contribution in [0.5, 0.6) is 0 Å². The summed E-state index contributed by atoms with van der Waals surface area (Å²) < 4.78 is 13.6. The quantitative estimate of drug-likeness (QED) is 0.137.